The summed E-state index contributed by atoms with van der Waals surface area (Å²) in [6, 6.07) is 13.2. The summed E-state index contributed by atoms with van der Waals surface area (Å²) in [5, 5.41) is 86.1. The van der Waals surface area contributed by atoms with Crippen molar-refractivity contribution < 1.29 is 8.42 Å². The smallest absolute Gasteiger partial charge is 0.207 e. The highest BCUT2D eigenvalue weighted by Gasteiger charge is 2.66. The first kappa shape index (κ1) is 30.0. The standard InChI is InChI=1S/C71H11NO2S2/c73-76(74,9-5-2-1-3-6-9)72-70(10-7-4-8-75-10)71-67-63-57-43-35-27-15-12-11-13-16(15)28-30-26-20(13)22-18-14(11)17-21-19(12)25-29(27)41(43)49-47-33(25)31(21)39-37-23(17)24(18)38-40-32(22)34(26)48-50-42(30)44(36(28)35)58(57)64(67)60(50)62-54(48)52(40)56-46(38)45(37)55-51(39)53(47)61(59(49)63)68(71)65(55)66(56)69(62)71/h1-8,67,70,72H. The number of hydrogen-bond donors (Lipinski definition) is 1. The van der Waals surface area contributed by atoms with Gasteiger partial charge in [0.1, 0.15) is 0 Å². The molecule has 0 saturated heterocycles. The molecule has 4 aliphatic rings. The van der Waals surface area contributed by atoms with Crippen LogP contribution in [0.1, 0.15) is 39.1 Å². The van der Waals surface area contributed by atoms with E-state index < -0.39 is 21.5 Å². The first-order valence-electron chi connectivity index (χ1n) is 27.5. The van der Waals surface area contributed by atoms with Crippen molar-refractivity contribution in [3.8, 4) is 0 Å². The molecule has 1 heterocycles. The molecule has 0 bridgehead atoms. The molecule has 5 heteroatoms. The van der Waals surface area contributed by atoms with Crippen LogP contribution in [0.5, 0.6) is 0 Å². The fourth-order valence-corrected chi connectivity index (χ4v) is 27.6. The average molecular weight is 974 g/mol. The lowest BCUT2D eigenvalue weighted by molar-refractivity contribution is 0.367. The normalized spacial score (nSPS) is 20.7. The molecular weight excluding hydrogens is 963 g/mol. The summed E-state index contributed by atoms with van der Waals surface area (Å²) in [6.07, 6.45) is 0. The second-order valence-electron chi connectivity index (χ2n) is 26.5. The number of rotatable bonds is 5. The summed E-state index contributed by atoms with van der Waals surface area (Å²) in [4.78, 5) is 1.44. The second-order valence-corrected chi connectivity index (χ2v) is 29.2. The molecule has 0 amide bonds. The van der Waals surface area contributed by atoms with Gasteiger partial charge in [-0.2, -0.15) is 0 Å². The molecule has 0 fully saturated rings. The van der Waals surface area contributed by atoms with Gasteiger partial charge in [0.05, 0.1) is 16.4 Å². The van der Waals surface area contributed by atoms with Gasteiger partial charge in [-0.3, -0.25) is 0 Å². The van der Waals surface area contributed by atoms with Crippen LogP contribution in [0.4, 0.5) is 0 Å². The lowest BCUT2D eigenvalue weighted by Crippen LogP contribution is -2.49. The van der Waals surface area contributed by atoms with Gasteiger partial charge in [-0.15, -0.1) is 11.3 Å². The highest BCUT2D eigenvalue weighted by atomic mass is 32.2. The molecular formula is C71H11NO2S2. The minimum absolute atomic E-state index is 0.0938. The summed E-state index contributed by atoms with van der Waals surface area (Å²) in [7, 11) is -4.06. The van der Waals surface area contributed by atoms with Gasteiger partial charge >= 0.3 is 0 Å². The third-order valence-corrected chi connectivity index (χ3v) is 28.2. The SMILES string of the molecule is O=S(=O)(NC(c1cccs1)C12c3c4c5c6c7c8c(c9c%10c1c1c3c3c%11c4c4c5c5c7c7c%12c8c8c9c9c%10c%10c1c1c3c3c%11c%11c4c4c5c7c5c7c%12c8c8c9c9c%10c1c1c3c3c%11c4c5c4c7c8c9c1c34)C62)c1ccccc1. The largest absolute Gasteiger partial charge is 0.241 e. The van der Waals surface area contributed by atoms with E-state index in [2.05, 4.69) is 22.2 Å². The van der Waals surface area contributed by atoms with Crippen LogP contribution in [0.2, 0.25) is 0 Å². The second kappa shape index (κ2) is 7.11. The molecule has 3 nitrogen and oxygen atoms in total. The molecule has 76 heavy (non-hydrogen) atoms. The zero-order valence-electron chi connectivity index (χ0n) is 38.4. The lowest BCUT2D eigenvalue weighted by atomic mass is 9.54. The average Bonchev–Trinajstić information content (AvgIpc) is 2.11. The minimum Gasteiger partial charge on any atom is -0.207 e. The molecule has 4 aliphatic carbocycles. The van der Waals surface area contributed by atoms with Crippen LogP contribution >= 0.6 is 11.3 Å². The van der Waals surface area contributed by atoms with Crippen LogP contribution in [0, 0.1) is 0 Å². The summed E-state index contributed by atoms with van der Waals surface area (Å²) < 4.78 is 35.6. The van der Waals surface area contributed by atoms with Gasteiger partial charge in [-0.05, 0) is 337 Å². The van der Waals surface area contributed by atoms with E-state index in [0.29, 0.717) is 4.90 Å². The van der Waals surface area contributed by atoms with Gasteiger partial charge in [-0.1, -0.05) is 24.3 Å². The highest BCUT2D eigenvalue weighted by molar-refractivity contribution is 7.89. The first-order valence-corrected chi connectivity index (χ1v) is 29.9. The Labute approximate surface area is 419 Å². The Bertz CT molecular complexity index is 7660. The molecule has 30 aromatic rings. The lowest BCUT2D eigenvalue weighted by Gasteiger charge is -2.49. The first-order chi connectivity index (χ1) is 37.7. The third-order valence-electron chi connectivity index (χ3n) is 25.8. The van der Waals surface area contributed by atoms with Crippen LogP contribution in [-0.2, 0) is 15.4 Å². The maximum absolute atomic E-state index is 15.9. The van der Waals surface area contributed by atoms with Crippen molar-refractivity contribution in [3.63, 3.8) is 0 Å². The van der Waals surface area contributed by atoms with E-state index in [-0.39, 0.29) is 5.92 Å². The molecule has 0 saturated carbocycles. The number of thiophene rings is 1. The highest BCUT2D eigenvalue weighted by Crippen LogP contribution is 2.84. The van der Waals surface area contributed by atoms with Crippen molar-refractivity contribution in [1.82, 2.24) is 4.72 Å². The number of hydrogen-bond acceptors (Lipinski definition) is 3. The van der Waals surface area contributed by atoms with Crippen LogP contribution < -0.4 is 4.72 Å². The summed E-state index contributed by atoms with van der Waals surface area (Å²) in [5.74, 6) is -0.0938. The Morgan fingerprint density at radius 2 is 0.566 bits per heavy atom. The van der Waals surface area contributed by atoms with E-state index in [0.717, 1.165) is 4.88 Å². The van der Waals surface area contributed by atoms with Gasteiger partial charge in [0.2, 0.25) is 10.0 Å². The molecule has 0 aliphatic heterocycles. The Hall–Kier alpha value is -8.71. The van der Waals surface area contributed by atoms with Crippen LogP contribution in [0.25, 0.3) is 291 Å². The molecule has 29 aromatic carbocycles. The molecule has 324 valence electrons. The molecule has 1 N–H and O–H groups in total. The third kappa shape index (κ3) is 1.74. The zero-order chi connectivity index (χ0) is 45.9. The topological polar surface area (TPSA) is 46.2 Å². The van der Waals surface area contributed by atoms with Crippen molar-refractivity contribution >= 4 is 312 Å². The fraction of sp³-hybridized carbons (Fsp3) is 0.0423. The molecule has 1 atom stereocenters. The predicted molar refractivity (Wildman–Crippen MR) is 319 cm³/mol. The molecule has 1 unspecified atom stereocenters. The van der Waals surface area contributed by atoms with Crippen molar-refractivity contribution in [2.75, 3.05) is 0 Å². The van der Waals surface area contributed by atoms with E-state index in [1.54, 1.807) is 217 Å². The van der Waals surface area contributed by atoms with Gasteiger partial charge in [0.25, 0.3) is 0 Å². The maximum Gasteiger partial charge on any atom is 0.241 e. The molecule has 0 radical (unpaired) electrons. The minimum atomic E-state index is -4.06. The maximum atomic E-state index is 15.9. The monoisotopic (exact) mass is 973 g/mol. The Morgan fingerprint density at radius 1 is 0.316 bits per heavy atom. The van der Waals surface area contributed by atoms with Crippen LogP contribution in [0.3, 0.4) is 0 Å². The van der Waals surface area contributed by atoms with Crippen molar-refractivity contribution in [3.05, 3.63) is 75.0 Å². The van der Waals surface area contributed by atoms with E-state index >= 15 is 8.42 Å². The Balaban J connectivity index is 1.08. The van der Waals surface area contributed by atoms with Crippen LogP contribution in [-0.4, -0.2) is 8.42 Å². The van der Waals surface area contributed by atoms with Crippen molar-refractivity contribution in [2.45, 2.75) is 22.3 Å². The van der Waals surface area contributed by atoms with Gasteiger partial charge in [0, 0.05) is 10.8 Å². The van der Waals surface area contributed by atoms with Gasteiger partial charge in [-0.25, -0.2) is 13.1 Å². The van der Waals surface area contributed by atoms with Gasteiger partial charge in [0.15, 0.2) is 0 Å². The van der Waals surface area contributed by atoms with Gasteiger partial charge < -0.3 is 0 Å². The molecule has 1 aromatic heterocycles. The van der Waals surface area contributed by atoms with E-state index in [4.69, 9.17) is 0 Å². The van der Waals surface area contributed by atoms with E-state index in [1.807, 2.05) is 18.2 Å². The van der Waals surface area contributed by atoms with Crippen LogP contribution in [0.15, 0.2) is 52.7 Å². The summed E-state index contributed by atoms with van der Waals surface area (Å²) >= 11 is 1.75. The zero-order valence-corrected chi connectivity index (χ0v) is 40.0. The Kier molecular flexibility index (Phi) is 2.81. The van der Waals surface area contributed by atoms with E-state index in [9.17, 15) is 0 Å². The summed E-state index contributed by atoms with van der Waals surface area (Å²) in [5.41, 5.74) is 5.20. The van der Waals surface area contributed by atoms with Crippen molar-refractivity contribution in [1.29, 1.82) is 0 Å². The Morgan fingerprint density at radius 3 is 0.842 bits per heavy atom. The molecule has 34 rings (SSSR count). The summed E-state index contributed by atoms with van der Waals surface area (Å²) in [6.45, 7) is 0. The number of nitrogens with one attached hydrogen (secondary N) is 1. The van der Waals surface area contributed by atoms with E-state index in [1.165, 1.54) is 119 Å². The quantitative estimate of drug-likeness (QED) is 0.175. The predicted octanol–water partition coefficient (Wildman–Crippen LogP) is 18.9. The number of benzene rings is 19. The molecule has 0 spiro atoms. The van der Waals surface area contributed by atoms with Crippen molar-refractivity contribution in [2.24, 2.45) is 0 Å². The fourth-order valence-electron chi connectivity index (χ4n) is 25.4. The number of sulfonamides is 1.